The van der Waals surface area contributed by atoms with Crippen LogP contribution in [0.25, 0.3) is 0 Å². The van der Waals surface area contributed by atoms with Crippen molar-refractivity contribution in [2.24, 2.45) is 5.92 Å². The fourth-order valence-corrected chi connectivity index (χ4v) is 1.62. The summed E-state index contributed by atoms with van der Waals surface area (Å²) in [6.45, 7) is 4.50. The minimum Gasteiger partial charge on any atom is -0.389 e. The standard InChI is InChI=1S/C15H20F3NO3/c1-10(2)8-22-9-13(20)7-19-14(21)11-3-5-12(6-4-11)15(16,17)18/h3-6,10,13,20H,7-9H2,1-2H3,(H,19,21). The van der Waals surface area contributed by atoms with Crippen LogP contribution in [0.1, 0.15) is 29.8 Å². The highest BCUT2D eigenvalue weighted by molar-refractivity contribution is 5.94. The van der Waals surface area contributed by atoms with Gasteiger partial charge in [0.25, 0.3) is 5.91 Å². The number of carbonyl (C=O) groups is 1. The van der Waals surface area contributed by atoms with E-state index in [4.69, 9.17) is 4.74 Å². The zero-order valence-electron chi connectivity index (χ0n) is 12.5. The average Bonchev–Trinajstić information content (AvgIpc) is 2.43. The Hall–Kier alpha value is -1.60. The molecule has 0 aliphatic heterocycles. The van der Waals surface area contributed by atoms with Crippen LogP contribution in [0, 0.1) is 5.92 Å². The van der Waals surface area contributed by atoms with Crippen molar-refractivity contribution >= 4 is 5.91 Å². The largest absolute Gasteiger partial charge is 0.416 e. The number of aliphatic hydroxyl groups excluding tert-OH is 1. The maximum absolute atomic E-state index is 12.4. The lowest BCUT2D eigenvalue weighted by Gasteiger charge is -2.13. The molecule has 0 aromatic heterocycles. The zero-order valence-corrected chi connectivity index (χ0v) is 12.5. The van der Waals surface area contributed by atoms with E-state index in [-0.39, 0.29) is 18.7 Å². The molecule has 1 aromatic rings. The molecule has 0 aliphatic rings. The topological polar surface area (TPSA) is 58.6 Å². The first kappa shape index (κ1) is 18.4. The molecule has 0 aliphatic carbocycles. The number of ether oxygens (including phenoxy) is 1. The van der Waals surface area contributed by atoms with Gasteiger partial charge in [0.05, 0.1) is 18.3 Å². The van der Waals surface area contributed by atoms with Gasteiger partial charge in [0.1, 0.15) is 0 Å². The van der Waals surface area contributed by atoms with Crippen LogP contribution >= 0.6 is 0 Å². The molecular formula is C15H20F3NO3. The van der Waals surface area contributed by atoms with Gasteiger partial charge in [0.15, 0.2) is 0 Å². The minimum atomic E-state index is -4.43. The Labute approximate surface area is 127 Å². The SMILES string of the molecule is CC(C)COCC(O)CNC(=O)c1ccc(C(F)(F)F)cc1. The average molecular weight is 319 g/mol. The molecule has 2 N–H and O–H groups in total. The molecular weight excluding hydrogens is 299 g/mol. The maximum atomic E-state index is 12.4. The van der Waals surface area contributed by atoms with Crippen LogP contribution in [0.4, 0.5) is 13.2 Å². The van der Waals surface area contributed by atoms with Crippen LogP contribution in [0.5, 0.6) is 0 Å². The quantitative estimate of drug-likeness (QED) is 0.812. The van der Waals surface area contributed by atoms with Gasteiger partial charge in [-0.15, -0.1) is 0 Å². The van der Waals surface area contributed by atoms with Crippen molar-refractivity contribution in [2.75, 3.05) is 19.8 Å². The molecule has 4 nitrogen and oxygen atoms in total. The van der Waals surface area contributed by atoms with Crippen molar-refractivity contribution in [3.63, 3.8) is 0 Å². The summed E-state index contributed by atoms with van der Waals surface area (Å²) in [5, 5.41) is 12.1. The molecule has 1 rings (SSSR count). The summed E-state index contributed by atoms with van der Waals surface area (Å²) in [4.78, 5) is 11.7. The van der Waals surface area contributed by atoms with Gasteiger partial charge >= 0.3 is 6.18 Å². The highest BCUT2D eigenvalue weighted by Crippen LogP contribution is 2.28. The third-order valence-corrected chi connectivity index (χ3v) is 2.73. The highest BCUT2D eigenvalue weighted by Gasteiger charge is 2.30. The van der Waals surface area contributed by atoms with E-state index < -0.39 is 23.8 Å². The number of rotatable bonds is 7. The number of halogens is 3. The van der Waals surface area contributed by atoms with E-state index in [1.807, 2.05) is 13.8 Å². The third-order valence-electron chi connectivity index (χ3n) is 2.73. The Bertz CT molecular complexity index is 472. The van der Waals surface area contributed by atoms with Gasteiger partial charge in [-0.2, -0.15) is 13.2 Å². The fraction of sp³-hybridized carbons (Fsp3) is 0.533. The van der Waals surface area contributed by atoms with Gasteiger partial charge in [-0.05, 0) is 30.2 Å². The summed E-state index contributed by atoms with van der Waals surface area (Å²) in [5.74, 6) is -0.203. The lowest BCUT2D eigenvalue weighted by atomic mass is 10.1. The summed E-state index contributed by atoms with van der Waals surface area (Å²) in [6, 6.07) is 3.88. The van der Waals surface area contributed by atoms with Crippen LogP contribution in [-0.2, 0) is 10.9 Å². The first-order valence-corrected chi connectivity index (χ1v) is 6.91. The number of benzene rings is 1. The van der Waals surface area contributed by atoms with Gasteiger partial charge in [-0.1, -0.05) is 13.8 Å². The van der Waals surface area contributed by atoms with E-state index in [0.29, 0.717) is 12.5 Å². The first-order valence-electron chi connectivity index (χ1n) is 6.91. The van der Waals surface area contributed by atoms with Crippen LogP contribution in [-0.4, -0.2) is 36.9 Å². The van der Waals surface area contributed by atoms with E-state index in [2.05, 4.69) is 5.32 Å². The fourth-order valence-electron chi connectivity index (χ4n) is 1.62. The molecule has 0 spiro atoms. The van der Waals surface area contributed by atoms with Crippen molar-refractivity contribution in [3.05, 3.63) is 35.4 Å². The Morgan fingerprint density at radius 3 is 2.32 bits per heavy atom. The van der Waals surface area contributed by atoms with Gasteiger partial charge in [-0.3, -0.25) is 4.79 Å². The molecule has 1 aromatic carbocycles. The van der Waals surface area contributed by atoms with Crippen LogP contribution in [0.2, 0.25) is 0 Å². The van der Waals surface area contributed by atoms with Crippen molar-refractivity contribution in [1.29, 1.82) is 0 Å². The van der Waals surface area contributed by atoms with Crippen molar-refractivity contribution in [3.8, 4) is 0 Å². The summed E-state index contributed by atoms with van der Waals surface area (Å²) in [6.07, 6.45) is -5.30. The summed E-state index contributed by atoms with van der Waals surface area (Å²) in [5.41, 5.74) is -0.713. The molecule has 1 atom stereocenters. The molecule has 0 heterocycles. The molecule has 0 fully saturated rings. The first-order chi connectivity index (χ1) is 10.2. The van der Waals surface area contributed by atoms with Crippen LogP contribution in [0.15, 0.2) is 24.3 Å². The lowest BCUT2D eigenvalue weighted by molar-refractivity contribution is -0.137. The maximum Gasteiger partial charge on any atom is 0.416 e. The van der Waals surface area contributed by atoms with Crippen LogP contribution < -0.4 is 5.32 Å². The van der Waals surface area contributed by atoms with Gasteiger partial charge in [0.2, 0.25) is 0 Å². The van der Waals surface area contributed by atoms with E-state index in [1.54, 1.807) is 0 Å². The van der Waals surface area contributed by atoms with E-state index >= 15 is 0 Å². The van der Waals surface area contributed by atoms with Crippen molar-refractivity contribution < 1.29 is 27.8 Å². The number of carbonyl (C=O) groups excluding carboxylic acids is 1. The predicted octanol–water partition coefficient (Wildman–Crippen LogP) is 2.47. The second-order valence-corrected chi connectivity index (χ2v) is 5.37. The van der Waals surface area contributed by atoms with E-state index in [9.17, 15) is 23.1 Å². The number of amides is 1. The molecule has 0 saturated carbocycles. The molecule has 0 bridgehead atoms. The number of aliphatic hydroxyl groups is 1. The summed E-state index contributed by atoms with van der Waals surface area (Å²) in [7, 11) is 0. The number of nitrogens with one attached hydrogen (secondary N) is 1. The van der Waals surface area contributed by atoms with Crippen LogP contribution in [0.3, 0.4) is 0 Å². The van der Waals surface area contributed by atoms with Gasteiger partial charge < -0.3 is 15.2 Å². The van der Waals surface area contributed by atoms with Gasteiger partial charge in [0, 0.05) is 18.7 Å². The Morgan fingerprint density at radius 1 is 1.23 bits per heavy atom. The summed E-state index contributed by atoms with van der Waals surface area (Å²) < 4.78 is 42.4. The zero-order chi connectivity index (χ0) is 16.8. The monoisotopic (exact) mass is 319 g/mol. The van der Waals surface area contributed by atoms with E-state index in [1.165, 1.54) is 0 Å². The van der Waals surface area contributed by atoms with Gasteiger partial charge in [-0.25, -0.2) is 0 Å². The Balaban J connectivity index is 2.42. The molecule has 1 amide bonds. The van der Waals surface area contributed by atoms with Crippen molar-refractivity contribution in [1.82, 2.24) is 5.32 Å². The van der Waals surface area contributed by atoms with E-state index in [0.717, 1.165) is 24.3 Å². The third kappa shape index (κ3) is 6.44. The second kappa shape index (κ2) is 8.14. The molecule has 7 heteroatoms. The number of alkyl halides is 3. The normalized spacial score (nSPS) is 13.2. The Morgan fingerprint density at radius 2 is 1.82 bits per heavy atom. The molecule has 1 unspecified atom stereocenters. The lowest BCUT2D eigenvalue weighted by Crippen LogP contribution is -2.34. The minimum absolute atomic E-state index is 0.0298. The second-order valence-electron chi connectivity index (χ2n) is 5.37. The smallest absolute Gasteiger partial charge is 0.389 e. The molecule has 124 valence electrons. The predicted molar refractivity (Wildman–Crippen MR) is 75.4 cm³/mol. The van der Waals surface area contributed by atoms with Crippen molar-refractivity contribution in [2.45, 2.75) is 26.1 Å². The highest BCUT2D eigenvalue weighted by atomic mass is 19.4. The summed E-state index contributed by atoms with van der Waals surface area (Å²) >= 11 is 0. The number of hydrogen-bond donors (Lipinski definition) is 2. The number of hydrogen-bond acceptors (Lipinski definition) is 3. The Kier molecular flexibility index (Phi) is 6.83. The molecule has 0 saturated heterocycles. The molecule has 22 heavy (non-hydrogen) atoms. The molecule has 0 radical (unpaired) electrons.